The smallest absolute Gasteiger partial charge is 0.335 e. The summed E-state index contributed by atoms with van der Waals surface area (Å²) < 4.78 is 0. The maximum Gasteiger partial charge on any atom is 0.335 e. The number of fused-ring (bicyclic) bond motifs is 1. The van der Waals surface area contributed by atoms with Gasteiger partial charge in [-0.15, -0.1) is 0 Å². The van der Waals surface area contributed by atoms with E-state index in [0.717, 1.165) is 37.4 Å². The maximum absolute atomic E-state index is 13.1. The fourth-order valence-corrected chi connectivity index (χ4v) is 4.91. The van der Waals surface area contributed by atoms with Crippen LogP contribution in [-0.2, 0) is 9.59 Å². The van der Waals surface area contributed by atoms with Crippen molar-refractivity contribution < 1.29 is 19.5 Å². The minimum Gasteiger partial charge on any atom is -0.478 e. The normalized spacial score (nSPS) is 17.9. The molecular weight excluding hydrogens is 494 g/mol. The number of aliphatic imine (C=N–C) groups is 1. The minimum absolute atomic E-state index is 0.0285. The molecular formula is C30H31N5O4. The molecule has 0 aromatic heterocycles. The Morgan fingerprint density at radius 2 is 1.67 bits per heavy atom. The summed E-state index contributed by atoms with van der Waals surface area (Å²) in [5, 5.41) is 12.2. The standard InChI is InChI=1S/C30H31N5O4/c1-33-14-16-35(17-15-33)19-26(36)34(2)23-11-9-22(10-12-23)31-28(20-6-4-3-5-7-20)27-24-13-8-21(30(38)39)18-25(24)32-29(27)37/h3-13,18,27H,14-17,19H2,1-2H3,(H,32,37)(H,38,39). The third-order valence-electron chi connectivity index (χ3n) is 7.29. The second-order valence-electron chi connectivity index (χ2n) is 9.94. The molecule has 3 aromatic carbocycles. The summed E-state index contributed by atoms with van der Waals surface area (Å²) in [7, 11) is 3.86. The lowest BCUT2D eigenvalue weighted by Gasteiger charge is -2.32. The summed E-state index contributed by atoms with van der Waals surface area (Å²) in [5.74, 6) is -1.99. The minimum atomic E-state index is -1.06. The summed E-state index contributed by atoms with van der Waals surface area (Å²) in [6.07, 6.45) is 0. The van der Waals surface area contributed by atoms with Crippen LogP contribution in [0, 0.1) is 0 Å². The lowest BCUT2D eigenvalue weighted by molar-refractivity contribution is -0.120. The number of nitrogens with zero attached hydrogens (tertiary/aromatic N) is 4. The van der Waals surface area contributed by atoms with Crippen molar-refractivity contribution in [2.75, 3.05) is 57.0 Å². The van der Waals surface area contributed by atoms with Gasteiger partial charge in [0.05, 0.1) is 23.5 Å². The molecule has 2 N–H and O–H groups in total. The third-order valence-corrected chi connectivity index (χ3v) is 7.29. The van der Waals surface area contributed by atoms with E-state index in [-0.39, 0.29) is 17.4 Å². The topological polar surface area (TPSA) is 106 Å². The second kappa shape index (κ2) is 11.2. The number of hydrogen-bond donors (Lipinski definition) is 2. The van der Waals surface area contributed by atoms with E-state index in [1.54, 1.807) is 18.0 Å². The van der Waals surface area contributed by atoms with E-state index < -0.39 is 11.9 Å². The van der Waals surface area contributed by atoms with Gasteiger partial charge in [-0.05, 0) is 54.6 Å². The van der Waals surface area contributed by atoms with Gasteiger partial charge < -0.3 is 20.2 Å². The number of carbonyl (C=O) groups is 3. The molecule has 0 spiro atoms. The molecule has 9 heteroatoms. The molecule has 0 aliphatic carbocycles. The van der Waals surface area contributed by atoms with Crippen LogP contribution in [0.1, 0.15) is 27.4 Å². The molecule has 200 valence electrons. The van der Waals surface area contributed by atoms with Gasteiger partial charge in [-0.1, -0.05) is 36.4 Å². The Kier molecular flexibility index (Phi) is 7.53. The number of benzene rings is 3. The fourth-order valence-electron chi connectivity index (χ4n) is 4.91. The van der Waals surface area contributed by atoms with Crippen molar-refractivity contribution in [1.82, 2.24) is 9.80 Å². The number of carboxylic acid groups (broad SMARTS) is 1. The molecule has 1 unspecified atom stereocenters. The maximum atomic E-state index is 13.1. The van der Waals surface area contributed by atoms with Crippen molar-refractivity contribution in [2.24, 2.45) is 4.99 Å². The predicted octanol–water partition coefficient (Wildman–Crippen LogP) is 3.45. The molecule has 5 rings (SSSR count). The van der Waals surface area contributed by atoms with Crippen LogP contribution in [0.2, 0.25) is 0 Å². The Bertz CT molecular complexity index is 1410. The molecule has 9 nitrogen and oxygen atoms in total. The van der Waals surface area contributed by atoms with Crippen LogP contribution in [0.25, 0.3) is 0 Å². The number of carbonyl (C=O) groups excluding carboxylic acids is 2. The van der Waals surface area contributed by atoms with Gasteiger partial charge in [0.1, 0.15) is 5.92 Å². The molecule has 0 radical (unpaired) electrons. The first-order chi connectivity index (χ1) is 18.8. The molecule has 1 saturated heterocycles. The summed E-state index contributed by atoms with van der Waals surface area (Å²) >= 11 is 0. The van der Waals surface area contributed by atoms with Crippen LogP contribution in [0.4, 0.5) is 17.1 Å². The SMILES string of the molecule is CN1CCN(CC(=O)N(C)c2ccc(N=C(c3ccccc3)C3C(=O)Nc4cc(C(=O)O)ccc43)cc2)CC1. The highest BCUT2D eigenvalue weighted by Gasteiger charge is 2.36. The molecule has 39 heavy (non-hydrogen) atoms. The molecule has 1 atom stereocenters. The summed E-state index contributed by atoms with van der Waals surface area (Å²) in [6, 6.07) is 21.5. The zero-order valence-electron chi connectivity index (χ0n) is 22.0. The highest BCUT2D eigenvalue weighted by molar-refractivity contribution is 6.24. The van der Waals surface area contributed by atoms with Crippen molar-refractivity contribution in [3.05, 3.63) is 89.5 Å². The number of aromatic carboxylic acids is 1. The van der Waals surface area contributed by atoms with Gasteiger partial charge in [0.25, 0.3) is 0 Å². The van der Waals surface area contributed by atoms with Crippen molar-refractivity contribution in [3.63, 3.8) is 0 Å². The Morgan fingerprint density at radius 3 is 2.33 bits per heavy atom. The second-order valence-corrected chi connectivity index (χ2v) is 9.94. The number of carboxylic acids is 1. The van der Waals surface area contributed by atoms with Crippen LogP contribution in [0.5, 0.6) is 0 Å². The first-order valence-electron chi connectivity index (χ1n) is 12.9. The molecule has 2 aliphatic heterocycles. The Morgan fingerprint density at radius 1 is 0.974 bits per heavy atom. The van der Waals surface area contributed by atoms with Gasteiger partial charge in [0, 0.05) is 44.6 Å². The highest BCUT2D eigenvalue weighted by atomic mass is 16.4. The van der Waals surface area contributed by atoms with E-state index in [1.165, 1.54) is 12.1 Å². The molecule has 2 amide bonds. The first-order valence-corrected chi connectivity index (χ1v) is 12.9. The monoisotopic (exact) mass is 525 g/mol. The zero-order chi connectivity index (χ0) is 27.5. The average molecular weight is 526 g/mol. The third kappa shape index (κ3) is 5.74. The van der Waals surface area contributed by atoms with Gasteiger partial charge in [-0.2, -0.15) is 0 Å². The summed E-state index contributed by atoms with van der Waals surface area (Å²) in [5.41, 5.74) is 4.01. The largest absolute Gasteiger partial charge is 0.478 e. The van der Waals surface area contributed by atoms with Gasteiger partial charge in [0.15, 0.2) is 0 Å². The van der Waals surface area contributed by atoms with Gasteiger partial charge in [-0.3, -0.25) is 19.5 Å². The molecule has 2 aliphatic rings. The summed E-state index contributed by atoms with van der Waals surface area (Å²) in [4.78, 5) is 48.4. The van der Waals surface area contributed by atoms with Crippen molar-refractivity contribution in [1.29, 1.82) is 0 Å². The van der Waals surface area contributed by atoms with Crippen LogP contribution in [0.15, 0.2) is 77.8 Å². The van der Waals surface area contributed by atoms with E-state index in [9.17, 15) is 19.5 Å². The van der Waals surface area contributed by atoms with E-state index in [0.29, 0.717) is 29.2 Å². The number of nitrogens with one attached hydrogen (secondary N) is 1. The number of rotatable bonds is 7. The van der Waals surface area contributed by atoms with E-state index in [1.807, 2.05) is 54.6 Å². The predicted molar refractivity (Wildman–Crippen MR) is 151 cm³/mol. The number of likely N-dealkylation sites (N-methyl/N-ethyl adjacent to an activating group) is 2. The fraction of sp³-hybridized carbons (Fsp3) is 0.267. The first kappa shape index (κ1) is 26.3. The number of hydrogen-bond acceptors (Lipinski definition) is 6. The van der Waals surface area contributed by atoms with Crippen molar-refractivity contribution in [2.45, 2.75) is 5.92 Å². The summed E-state index contributed by atoms with van der Waals surface area (Å²) in [6.45, 7) is 4.04. The number of amides is 2. The van der Waals surface area contributed by atoms with Gasteiger partial charge >= 0.3 is 5.97 Å². The molecule has 2 heterocycles. The molecule has 1 fully saturated rings. The van der Waals surface area contributed by atoms with Crippen LogP contribution < -0.4 is 10.2 Å². The molecule has 3 aromatic rings. The van der Waals surface area contributed by atoms with E-state index in [4.69, 9.17) is 4.99 Å². The van der Waals surface area contributed by atoms with E-state index in [2.05, 4.69) is 22.2 Å². The quantitative estimate of drug-likeness (QED) is 0.458. The van der Waals surface area contributed by atoms with Crippen LogP contribution >= 0.6 is 0 Å². The zero-order valence-corrected chi connectivity index (χ0v) is 22.0. The van der Waals surface area contributed by atoms with Gasteiger partial charge in [0.2, 0.25) is 11.8 Å². The Balaban J connectivity index is 1.40. The number of anilines is 2. The molecule has 0 bridgehead atoms. The van der Waals surface area contributed by atoms with Crippen molar-refractivity contribution in [3.8, 4) is 0 Å². The lowest BCUT2D eigenvalue weighted by atomic mass is 9.90. The van der Waals surface area contributed by atoms with Crippen LogP contribution in [0.3, 0.4) is 0 Å². The van der Waals surface area contributed by atoms with Gasteiger partial charge in [-0.25, -0.2) is 4.79 Å². The molecule has 0 saturated carbocycles. The number of piperazine rings is 1. The Labute approximate surface area is 227 Å². The van der Waals surface area contributed by atoms with Crippen molar-refractivity contribution >= 4 is 40.6 Å². The Hall–Kier alpha value is -4.34. The lowest BCUT2D eigenvalue weighted by Crippen LogP contribution is -2.48. The average Bonchev–Trinajstić information content (AvgIpc) is 3.28. The highest BCUT2D eigenvalue weighted by Crippen LogP contribution is 2.37. The van der Waals surface area contributed by atoms with Crippen LogP contribution in [-0.4, -0.2) is 85.2 Å². The van der Waals surface area contributed by atoms with E-state index >= 15 is 0 Å².